The fourth-order valence-corrected chi connectivity index (χ4v) is 3.05. The first kappa shape index (κ1) is 18.9. The molecule has 0 spiro atoms. The molecule has 1 aliphatic rings. The second-order valence-corrected chi connectivity index (χ2v) is 5.63. The van der Waals surface area contributed by atoms with Crippen LogP contribution in [0.15, 0.2) is 12.1 Å². The number of hydrogen-bond donors (Lipinski definition) is 1. The maximum absolute atomic E-state index is 5.81. The van der Waals surface area contributed by atoms with Crippen LogP contribution < -0.4 is 19.9 Å². The van der Waals surface area contributed by atoms with E-state index in [4.69, 9.17) is 19.9 Å². The number of hydrogen-bond acceptors (Lipinski definition) is 5. The molecule has 1 heterocycles. The highest BCUT2D eigenvalue weighted by Gasteiger charge is 2.29. The zero-order valence-electron chi connectivity index (χ0n) is 13.8. The Bertz CT molecular complexity index is 459. The van der Waals surface area contributed by atoms with Crippen LogP contribution >= 0.6 is 12.4 Å². The van der Waals surface area contributed by atoms with Crippen molar-refractivity contribution >= 4 is 12.4 Å². The van der Waals surface area contributed by atoms with Gasteiger partial charge in [-0.3, -0.25) is 4.90 Å². The fraction of sp³-hybridized carbons (Fsp3) is 0.625. The van der Waals surface area contributed by atoms with Gasteiger partial charge in [-0.05, 0) is 25.8 Å². The second-order valence-electron chi connectivity index (χ2n) is 5.63. The van der Waals surface area contributed by atoms with Crippen LogP contribution in [0.25, 0.3) is 0 Å². The number of halogens is 1. The molecular weight excluding hydrogens is 304 g/mol. The number of likely N-dealkylation sites (tertiary alicyclic amines) is 1. The third-order valence-corrected chi connectivity index (χ3v) is 4.30. The molecule has 0 saturated carbocycles. The van der Waals surface area contributed by atoms with Crippen molar-refractivity contribution in [1.29, 1.82) is 0 Å². The van der Waals surface area contributed by atoms with E-state index < -0.39 is 0 Å². The lowest BCUT2D eigenvalue weighted by molar-refractivity contribution is 0.246. The molecule has 0 aliphatic carbocycles. The van der Waals surface area contributed by atoms with Crippen molar-refractivity contribution in [3.05, 3.63) is 17.7 Å². The number of nitrogens with zero attached hydrogens (tertiary/aromatic N) is 1. The molecule has 1 aromatic rings. The van der Waals surface area contributed by atoms with E-state index in [1.54, 1.807) is 21.3 Å². The normalized spacial score (nSPS) is 21.3. The molecule has 22 heavy (non-hydrogen) atoms. The molecule has 2 rings (SSSR count). The molecule has 126 valence electrons. The fourth-order valence-electron chi connectivity index (χ4n) is 3.05. The van der Waals surface area contributed by atoms with Gasteiger partial charge in [-0.15, -0.1) is 12.4 Å². The quantitative estimate of drug-likeness (QED) is 0.867. The summed E-state index contributed by atoms with van der Waals surface area (Å²) >= 11 is 0. The summed E-state index contributed by atoms with van der Waals surface area (Å²) in [7, 11) is 4.99. The largest absolute Gasteiger partial charge is 0.496 e. The van der Waals surface area contributed by atoms with Crippen molar-refractivity contribution in [3.63, 3.8) is 0 Å². The lowest BCUT2D eigenvalue weighted by Gasteiger charge is -2.24. The number of ether oxygens (including phenoxy) is 3. The molecule has 6 heteroatoms. The van der Waals surface area contributed by atoms with E-state index in [9.17, 15) is 0 Å². The van der Waals surface area contributed by atoms with E-state index in [0.717, 1.165) is 48.9 Å². The predicted octanol–water partition coefficient (Wildman–Crippen LogP) is 2.30. The molecule has 1 fully saturated rings. The van der Waals surface area contributed by atoms with Crippen LogP contribution in [0.5, 0.6) is 17.2 Å². The highest BCUT2D eigenvalue weighted by atomic mass is 35.5. The Balaban J connectivity index is 0.00000242. The first-order chi connectivity index (χ1) is 10.1. The molecular formula is C16H27ClN2O3. The zero-order chi connectivity index (χ0) is 15.4. The van der Waals surface area contributed by atoms with Crippen LogP contribution in [-0.2, 0) is 6.54 Å². The van der Waals surface area contributed by atoms with Crippen molar-refractivity contribution in [3.8, 4) is 17.2 Å². The Hall–Kier alpha value is -1.17. The van der Waals surface area contributed by atoms with Gasteiger partial charge in [0.05, 0.1) is 26.9 Å². The van der Waals surface area contributed by atoms with Crippen molar-refractivity contribution in [1.82, 2.24) is 4.90 Å². The number of benzene rings is 1. The highest BCUT2D eigenvalue weighted by Crippen LogP contribution is 2.36. The summed E-state index contributed by atoms with van der Waals surface area (Å²) in [6.07, 6.45) is 1.15. The Morgan fingerprint density at radius 2 is 1.73 bits per heavy atom. The van der Waals surface area contributed by atoms with Gasteiger partial charge in [0.25, 0.3) is 0 Å². The summed E-state index contributed by atoms with van der Waals surface area (Å²) in [6, 6.07) is 4.33. The SMILES string of the molecule is COc1cc(OC)c(CN2CC(CN)CC2C)c(OC)c1.Cl. The Morgan fingerprint density at radius 3 is 2.14 bits per heavy atom. The van der Waals surface area contributed by atoms with Crippen molar-refractivity contribution in [2.75, 3.05) is 34.4 Å². The maximum atomic E-state index is 5.81. The summed E-state index contributed by atoms with van der Waals surface area (Å²) < 4.78 is 16.3. The molecule has 2 N–H and O–H groups in total. The second kappa shape index (κ2) is 8.46. The third-order valence-electron chi connectivity index (χ3n) is 4.30. The minimum absolute atomic E-state index is 0. The highest BCUT2D eigenvalue weighted by molar-refractivity contribution is 5.85. The summed E-state index contributed by atoms with van der Waals surface area (Å²) in [5, 5.41) is 0. The lowest BCUT2D eigenvalue weighted by atomic mass is 10.1. The summed E-state index contributed by atoms with van der Waals surface area (Å²) in [5.74, 6) is 2.92. The average Bonchev–Trinajstić information content (AvgIpc) is 2.87. The zero-order valence-corrected chi connectivity index (χ0v) is 14.6. The van der Waals surface area contributed by atoms with Crippen LogP contribution in [0, 0.1) is 5.92 Å². The van der Waals surface area contributed by atoms with Gasteiger partial charge in [0.15, 0.2) is 0 Å². The third kappa shape index (κ3) is 3.97. The van der Waals surface area contributed by atoms with Crippen molar-refractivity contribution < 1.29 is 14.2 Å². The van der Waals surface area contributed by atoms with E-state index in [-0.39, 0.29) is 12.4 Å². The molecule has 1 aromatic carbocycles. The van der Waals surface area contributed by atoms with E-state index in [2.05, 4.69) is 11.8 Å². The van der Waals surface area contributed by atoms with Crippen LogP contribution in [-0.4, -0.2) is 45.4 Å². The van der Waals surface area contributed by atoms with Crippen LogP contribution in [0.4, 0.5) is 0 Å². The molecule has 5 nitrogen and oxygen atoms in total. The van der Waals surface area contributed by atoms with Gasteiger partial charge < -0.3 is 19.9 Å². The molecule has 0 amide bonds. The monoisotopic (exact) mass is 330 g/mol. The molecule has 0 bridgehead atoms. The first-order valence-electron chi connectivity index (χ1n) is 7.35. The van der Waals surface area contributed by atoms with Gasteiger partial charge >= 0.3 is 0 Å². The molecule has 0 aromatic heterocycles. The maximum Gasteiger partial charge on any atom is 0.130 e. The number of nitrogens with two attached hydrogens (primary N) is 1. The molecule has 1 saturated heterocycles. The first-order valence-corrected chi connectivity index (χ1v) is 7.35. The van der Waals surface area contributed by atoms with Gasteiger partial charge in [0, 0.05) is 31.3 Å². The minimum Gasteiger partial charge on any atom is -0.496 e. The van der Waals surface area contributed by atoms with E-state index in [1.165, 1.54) is 0 Å². The summed E-state index contributed by atoms with van der Waals surface area (Å²) in [6.45, 7) is 4.82. The summed E-state index contributed by atoms with van der Waals surface area (Å²) in [5.41, 5.74) is 6.87. The lowest BCUT2D eigenvalue weighted by Crippen LogP contribution is -2.27. The van der Waals surface area contributed by atoms with E-state index in [0.29, 0.717) is 12.0 Å². The van der Waals surface area contributed by atoms with Crippen LogP contribution in [0.1, 0.15) is 18.9 Å². The van der Waals surface area contributed by atoms with Gasteiger partial charge in [0.1, 0.15) is 17.2 Å². The average molecular weight is 331 g/mol. The van der Waals surface area contributed by atoms with Crippen LogP contribution in [0.2, 0.25) is 0 Å². The minimum atomic E-state index is 0. The Morgan fingerprint density at radius 1 is 1.14 bits per heavy atom. The topological polar surface area (TPSA) is 57.0 Å². The van der Waals surface area contributed by atoms with Crippen LogP contribution in [0.3, 0.4) is 0 Å². The standard InChI is InChI=1S/C16H26N2O3.ClH/c1-11-5-12(8-17)9-18(11)10-14-15(20-3)6-13(19-2)7-16(14)21-4;/h6-7,11-12H,5,8-10,17H2,1-4H3;1H. The number of methoxy groups -OCH3 is 3. The molecule has 0 radical (unpaired) electrons. The van der Waals surface area contributed by atoms with Crippen molar-refractivity contribution in [2.24, 2.45) is 11.7 Å². The van der Waals surface area contributed by atoms with Gasteiger partial charge in [-0.2, -0.15) is 0 Å². The van der Waals surface area contributed by atoms with Gasteiger partial charge in [-0.1, -0.05) is 0 Å². The number of rotatable bonds is 6. The Kier molecular flexibility index (Phi) is 7.26. The molecule has 2 atom stereocenters. The predicted molar refractivity (Wildman–Crippen MR) is 90.4 cm³/mol. The van der Waals surface area contributed by atoms with E-state index >= 15 is 0 Å². The molecule has 2 unspecified atom stereocenters. The molecule has 1 aliphatic heterocycles. The Labute approximate surface area is 139 Å². The van der Waals surface area contributed by atoms with Crippen molar-refractivity contribution in [2.45, 2.75) is 25.9 Å². The smallest absolute Gasteiger partial charge is 0.130 e. The van der Waals surface area contributed by atoms with Gasteiger partial charge in [-0.25, -0.2) is 0 Å². The van der Waals surface area contributed by atoms with E-state index in [1.807, 2.05) is 12.1 Å². The van der Waals surface area contributed by atoms with Gasteiger partial charge in [0.2, 0.25) is 0 Å². The summed E-state index contributed by atoms with van der Waals surface area (Å²) in [4.78, 5) is 2.43.